The number of sulfonamides is 2. The van der Waals surface area contributed by atoms with E-state index in [1.165, 1.54) is 37.5 Å². The molecule has 0 amide bonds. The summed E-state index contributed by atoms with van der Waals surface area (Å²) in [5.74, 6) is -1.25. The number of nitrogens with zero attached hydrogens (tertiary/aromatic N) is 2. The highest BCUT2D eigenvalue weighted by Crippen LogP contribution is 2.33. The van der Waals surface area contributed by atoms with Crippen molar-refractivity contribution in [1.82, 2.24) is 8.61 Å². The molecule has 2 aliphatic rings. The van der Waals surface area contributed by atoms with Crippen molar-refractivity contribution in [3.05, 3.63) is 53.6 Å². The van der Waals surface area contributed by atoms with Crippen LogP contribution in [-0.2, 0) is 24.8 Å². The molecule has 1 fully saturated rings. The van der Waals surface area contributed by atoms with Gasteiger partial charge in [0.15, 0.2) is 11.5 Å². The van der Waals surface area contributed by atoms with Crippen LogP contribution in [0.15, 0.2) is 46.2 Å². The van der Waals surface area contributed by atoms with Gasteiger partial charge >= 0.3 is 0 Å². The molecular weight excluding hydrogens is 506 g/mol. The van der Waals surface area contributed by atoms with E-state index >= 15 is 0 Å². The maximum absolute atomic E-state index is 14.6. The fourth-order valence-corrected chi connectivity index (χ4v) is 6.68. The van der Waals surface area contributed by atoms with Gasteiger partial charge in [0, 0.05) is 44.9 Å². The van der Waals surface area contributed by atoms with E-state index in [9.17, 15) is 25.6 Å². The van der Waals surface area contributed by atoms with Gasteiger partial charge in [-0.05, 0) is 24.3 Å². The standard InChI is InChI=1S/C22H24F2N2O7S2/c1-31-10-2-3-16-13-19(24)22(15-18(16)23)35(29,30)26-8-6-25(7-9-26)34(27,28)17-4-5-20-21(14-17)33-12-11-32-20/h2-5,13-15H,6-12H2,1H3/b3-2+. The smallest absolute Gasteiger partial charge is 0.246 e. The van der Waals surface area contributed by atoms with Gasteiger partial charge in [-0.15, -0.1) is 0 Å². The lowest BCUT2D eigenvalue weighted by atomic mass is 10.2. The van der Waals surface area contributed by atoms with Gasteiger partial charge in [-0.3, -0.25) is 0 Å². The molecule has 0 aromatic heterocycles. The van der Waals surface area contributed by atoms with Crippen molar-refractivity contribution in [1.29, 1.82) is 0 Å². The van der Waals surface area contributed by atoms with E-state index in [4.69, 9.17) is 14.2 Å². The van der Waals surface area contributed by atoms with Crippen molar-refractivity contribution in [2.45, 2.75) is 9.79 Å². The van der Waals surface area contributed by atoms with Gasteiger partial charge in [-0.25, -0.2) is 25.6 Å². The Hall–Kier alpha value is -2.58. The number of halogens is 2. The summed E-state index contributed by atoms with van der Waals surface area (Å²) < 4.78 is 99.0. The third-order valence-corrected chi connectivity index (χ3v) is 9.39. The lowest BCUT2D eigenvalue weighted by Gasteiger charge is -2.33. The molecule has 190 valence electrons. The Labute approximate surface area is 202 Å². The first kappa shape index (κ1) is 25.5. The maximum atomic E-state index is 14.6. The van der Waals surface area contributed by atoms with Crippen molar-refractivity contribution in [3.63, 3.8) is 0 Å². The van der Waals surface area contributed by atoms with E-state index in [-0.39, 0.29) is 43.2 Å². The van der Waals surface area contributed by atoms with E-state index in [0.717, 1.165) is 14.7 Å². The molecule has 4 rings (SSSR count). The monoisotopic (exact) mass is 530 g/mol. The van der Waals surface area contributed by atoms with Crippen LogP contribution in [0.4, 0.5) is 8.78 Å². The molecule has 35 heavy (non-hydrogen) atoms. The minimum absolute atomic E-state index is 0.0108. The summed E-state index contributed by atoms with van der Waals surface area (Å²) in [6, 6.07) is 5.71. The second-order valence-electron chi connectivity index (χ2n) is 7.78. The Morgan fingerprint density at radius 1 is 0.886 bits per heavy atom. The van der Waals surface area contributed by atoms with Crippen LogP contribution in [0.5, 0.6) is 11.5 Å². The molecule has 2 aliphatic heterocycles. The molecule has 0 unspecified atom stereocenters. The predicted octanol–water partition coefficient (Wildman–Crippen LogP) is 2.09. The first-order chi connectivity index (χ1) is 16.6. The molecule has 0 spiro atoms. The molecule has 9 nitrogen and oxygen atoms in total. The molecule has 1 saturated heterocycles. The van der Waals surface area contributed by atoms with Crippen molar-refractivity contribution in [2.75, 3.05) is 53.1 Å². The highest BCUT2D eigenvalue weighted by Gasteiger charge is 2.35. The van der Waals surface area contributed by atoms with E-state index < -0.39 is 36.6 Å². The Morgan fingerprint density at radius 3 is 2.17 bits per heavy atom. The number of fused-ring (bicyclic) bond motifs is 1. The van der Waals surface area contributed by atoms with E-state index in [0.29, 0.717) is 30.8 Å². The second kappa shape index (κ2) is 10.2. The summed E-state index contributed by atoms with van der Waals surface area (Å²) in [7, 11) is -6.88. The van der Waals surface area contributed by atoms with Gasteiger partial charge in [-0.2, -0.15) is 8.61 Å². The summed E-state index contributed by atoms with van der Waals surface area (Å²) in [5.41, 5.74) is -0.117. The molecular formula is C22H24F2N2O7S2. The maximum Gasteiger partial charge on any atom is 0.246 e. The van der Waals surface area contributed by atoms with Crippen molar-refractivity contribution in [2.24, 2.45) is 0 Å². The zero-order valence-corrected chi connectivity index (χ0v) is 20.4. The van der Waals surface area contributed by atoms with Crippen LogP contribution in [0.25, 0.3) is 6.08 Å². The van der Waals surface area contributed by atoms with Gasteiger partial charge in [0.2, 0.25) is 20.0 Å². The van der Waals surface area contributed by atoms with Crippen LogP contribution in [-0.4, -0.2) is 78.6 Å². The number of piperazine rings is 1. The highest BCUT2D eigenvalue weighted by molar-refractivity contribution is 7.89. The van der Waals surface area contributed by atoms with Gasteiger partial charge in [-0.1, -0.05) is 12.2 Å². The first-order valence-electron chi connectivity index (χ1n) is 10.7. The zero-order chi connectivity index (χ0) is 25.2. The summed E-state index contributed by atoms with van der Waals surface area (Å²) in [4.78, 5) is -0.815. The van der Waals surface area contributed by atoms with Crippen LogP contribution in [0.1, 0.15) is 5.56 Å². The average molecular weight is 531 g/mol. The van der Waals surface area contributed by atoms with E-state index in [1.54, 1.807) is 0 Å². The van der Waals surface area contributed by atoms with Crippen molar-refractivity contribution >= 4 is 26.1 Å². The van der Waals surface area contributed by atoms with Crippen LogP contribution in [0.2, 0.25) is 0 Å². The van der Waals surface area contributed by atoms with Crippen LogP contribution in [0.3, 0.4) is 0 Å². The van der Waals surface area contributed by atoms with E-state index in [2.05, 4.69) is 0 Å². The largest absolute Gasteiger partial charge is 0.486 e. The number of hydrogen-bond donors (Lipinski definition) is 0. The molecule has 2 heterocycles. The summed E-state index contributed by atoms with van der Waals surface area (Å²) in [5, 5.41) is 0. The second-order valence-corrected chi connectivity index (χ2v) is 11.6. The third kappa shape index (κ3) is 5.19. The quantitative estimate of drug-likeness (QED) is 0.540. The Morgan fingerprint density at radius 2 is 1.51 bits per heavy atom. The summed E-state index contributed by atoms with van der Waals surface area (Å²) in [6.07, 6.45) is 2.76. The van der Waals surface area contributed by atoms with Gasteiger partial charge in [0.1, 0.15) is 29.7 Å². The highest BCUT2D eigenvalue weighted by atomic mass is 32.2. The van der Waals surface area contributed by atoms with Crippen LogP contribution in [0, 0.1) is 11.6 Å². The number of hydrogen-bond acceptors (Lipinski definition) is 7. The lowest BCUT2D eigenvalue weighted by Crippen LogP contribution is -2.50. The molecule has 0 atom stereocenters. The number of benzene rings is 2. The minimum Gasteiger partial charge on any atom is -0.486 e. The van der Waals surface area contributed by atoms with E-state index in [1.807, 2.05) is 0 Å². The normalized spacial score (nSPS) is 17.7. The SMILES string of the molecule is COC/C=C/c1cc(F)c(S(=O)(=O)N2CCN(S(=O)(=O)c3ccc4c(c3)OCCO4)CC2)cc1F. The summed E-state index contributed by atoms with van der Waals surface area (Å²) >= 11 is 0. The zero-order valence-electron chi connectivity index (χ0n) is 18.8. The number of ether oxygens (including phenoxy) is 3. The van der Waals surface area contributed by atoms with Crippen molar-refractivity contribution < 1.29 is 39.8 Å². The van der Waals surface area contributed by atoms with Crippen LogP contribution < -0.4 is 9.47 Å². The predicted molar refractivity (Wildman–Crippen MR) is 122 cm³/mol. The fourth-order valence-electron chi connectivity index (χ4n) is 3.76. The topological polar surface area (TPSA) is 102 Å². The fraction of sp³-hybridized carbons (Fsp3) is 0.364. The molecule has 0 aliphatic carbocycles. The molecule has 13 heteroatoms. The molecule has 2 aromatic carbocycles. The minimum atomic E-state index is -4.39. The third-order valence-electron chi connectivity index (χ3n) is 5.58. The molecule has 0 radical (unpaired) electrons. The molecule has 0 bridgehead atoms. The Kier molecular flexibility index (Phi) is 7.43. The number of rotatable bonds is 7. The summed E-state index contributed by atoms with van der Waals surface area (Å²) in [6.45, 7) is 0.101. The lowest BCUT2D eigenvalue weighted by molar-refractivity contribution is 0.171. The molecule has 0 saturated carbocycles. The van der Waals surface area contributed by atoms with Gasteiger partial charge < -0.3 is 14.2 Å². The van der Waals surface area contributed by atoms with Crippen LogP contribution >= 0.6 is 0 Å². The first-order valence-corrected chi connectivity index (χ1v) is 13.6. The van der Waals surface area contributed by atoms with Gasteiger partial charge in [0.25, 0.3) is 0 Å². The van der Waals surface area contributed by atoms with Gasteiger partial charge in [0.05, 0.1) is 11.5 Å². The molecule has 0 N–H and O–H groups in total. The Bertz CT molecular complexity index is 1340. The molecule has 2 aromatic rings. The average Bonchev–Trinajstić information content (AvgIpc) is 2.85. The Balaban J connectivity index is 1.49. The van der Waals surface area contributed by atoms with Crippen molar-refractivity contribution in [3.8, 4) is 11.5 Å². The number of methoxy groups -OCH3 is 1.